The molecule has 0 fully saturated rings. The van der Waals surface area contributed by atoms with E-state index in [-0.39, 0.29) is 17.5 Å². The van der Waals surface area contributed by atoms with E-state index in [0.717, 1.165) is 28.2 Å². The Bertz CT molecular complexity index is 1130. The molecule has 31 heavy (non-hydrogen) atoms. The molecule has 0 saturated carbocycles. The van der Waals surface area contributed by atoms with Crippen LogP contribution in [-0.4, -0.2) is 10.5 Å². The normalized spacial score (nSPS) is 12.5. The van der Waals surface area contributed by atoms with Crippen molar-refractivity contribution in [3.63, 3.8) is 0 Å². The lowest BCUT2D eigenvalue weighted by atomic mass is 10.0. The Hall–Kier alpha value is -3.58. The van der Waals surface area contributed by atoms with Crippen LogP contribution < -0.4 is 5.32 Å². The van der Waals surface area contributed by atoms with E-state index in [0.29, 0.717) is 5.92 Å². The van der Waals surface area contributed by atoms with Crippen LogP contribution in [0.15, 0.2) is 66.2 Å². The SMILES string of the molecule is Cc1cc(/C=C(/C#N)C(=O)N[C@H](C)c2ccccc2)c(C)n1-c1ccc(C(C)C)cc1. The van der Waals surface area contributed by atoms with Crippen molar-refractivity contribution in [1.29, 1.82) is 5.26 Å². The van der Waals surface area contributed by atoms with Crippen molar-refractivity contribution in [3.05, 3.63) is 94.3 Å². The zero-order chi connectivity index (χ0) is 22.5. The maximum absolute atomic E-state index is 12.7. The molecule has 158 valence electrons. The van der Waals surface area contributed by atoms with Gasteiger partial charge in [-0.15, -0.1) is 0 Å². The van der Waals surface area contributed by atoms with Crippen LogP contribution >= 0.6 is 0 Å². The number of nitriles is 1. The number of hydrogen-bond donors (Lipinski definition) is 1. The third-order valence-corrected chi connectivity index (χ3v) is 5.60. The van der Waals surface area contributed by atoms with E-state index in [1.165, 1.54) is 5.56 Å². The number of rotatable bonds is 6. The third kappa shape index (κ3) is 4.95. The molecular formula is C27H29N3O. The molecule has 0 aliphatic carbocycles. The van der Waals surface area contributed by atoms with Crippen molar-refractivity contribution in [2.75, 3.05) is 0 Å². The topological polar surface area (TPSA) is 57.8 Å². The van der Waals surface area contributed by atoms with Crippen LogP contribution in [0.4, 0.5) is 0 Å². The molecule has 0 radical (unpaired) electrons. The minimum absolute atomic E-state index is 0.0955. The molecule has 0 unspecified atom stereocenters. The smallest absolute Gasteiger partial charge is 0.262 e. The number of hydrogen-bond acceptors (Lipinski definition) is 2. The Kier molecular flexibility index (Phi) is 6.77. The molecule has 3 aromatic rings. The van der Waals surface area contributed by atoms with Gasteiger partial charge < -0.3 is 9.88 Å². The van der Waals surface area contributed by atoms with Gasteiger partial charge in [0.15, 0.2) is 0 Å². The van der Waals surface area contributed by atoms with Crippen LogP contribution in [0.3, 0.4) is 0 Å². The summed E-state index contributed by atoms with van der Waals surface area (Å²) in [6.07, 6.45) is 1.67. The molecule has 1 N–H and O–H groups in total. The minimum Gasteiger partial charge on any atom is -0.345 e. The average Bonchev–Trinajstić information content (AvgIpc) is 3.05. The van der Waals surface area contributed by atoms with Gasteiger partial charge in [0.05, 0.1) is 6.04 Å². The molecule has 0 bridgehead atoms. The van der Waals surface area contributed by atoms with Gasteiger partial charge in [-0.2, -0.15) is 5.26 Å². The van der Waals surface area contributed by atoms with Crippen LogP contribution in [0.1, 0.15) is 60.8 Å². The molecule has 1 atom stereocenters. The van der Waals surface area contributed by atoms with E-state index < -0.39 is 0 Å². The fraction of sp³-hybridized carbons (Fsp3) is 0.259. The number of carbonyl (C=O) groups excluding carboxylic acids is 1. The Balaban J connectivity index is 1.87. The Morgan fingerprint density at radius 3 is 2.23 bits per heavy atom. The second-order valence-corrected chi connectivity index (χ2v) is 8.18. The Morgan fingerprint density at radius 1 is 1.00 bits per heavy atom. The van der Waals surface area contributed by atoms with E-state index in [1.54, 1.807) is 6.08 Å². The first-order valence-corrected chi connectivity index (χ1v) is 10.6. The van der Waals surface area contributed by atoms with Crippen molar-refractivity contribution < 1.29 is 4.79 Å². The molecule has 1 aromatic heterocycles. The number of nitrogens with one attached hydrogen (secondary N) is 1. The molecule has 4 heteroatoms. The molecule has 2 aromatic carbocycles. The summed E-state index contributed by atoms with van der Waals surface area (Å²) in [5.41, 5.74) is 6.36. The maximum Gasteiger partial charge on any atom is 0.262 e. The first kappa shape index (κ1) is 22.1. The summed E-state index contributed by atoms with van der Waals surface area (Å²) < 4.78 is 2.15. The number of aryl methyl sites for hydroxylation is 1. The highest BCUT2D eigenvalue weighted by Gasteiger charge is 2.16. The van der Waals surface area contributed by atoms with Gasteiger partial charge in [0.2, 0.25) is 0 Å². The van der Waals surface area contributed by atoms with Crippen molar-refractivity contribution in [2.45, 2.75) is 46.6 Å². The first-order chi connectivity index (χ1) is 14.8. The van der Waals surface area contributed by atoms with Gasteiger partial charge in [-0.1, -0.05) is 56.3 Å². The Morgan fingerprint density at radius 2 is 1.65 bits per heavy atom. The van der Waals surface area contributed by atoms with Gasteiger partial charge in [-0.25, -0.2) is 0 Å². The highest BCUT2D eigenvalue weighted by atomic mass is 16.1. The maximum atomic E-state index is 12.7. The highest BCUT2D eigenvalue weighted by Crippen LogP contribution is 2.25. The molecule has 0 saturated heterocycles. The summed E-state index contributed by atoms with van der Waals surface area (Å²) in [7, 11) is 0. The number of aromatic nitrogens is 1. The number of amides is 1. The van der Waals surface area contributed by atoms with Crippen molar-refractivity contribution in [2.24, 2.45) is 0 Å². The quantitative estimate of drug-likeness (QED) is 0.399. The molecule has 1 amide bonds. The van der Waals surface area contributed by atoms with Crippen LogP contribution in [-0.2, 0) is 4.79 Å². The fourth-order valence-electron chi connectivity index (χ4n) is 3.74. The summed E-state index contributed by atoms with van der Waals surface area (Å²) >= 11 is 0. The van der Waals surface area contributed by atoms with Gasteiger partial charge in [0.25, 0.3) is 5.91 Å². The second-order valence-electron chi connectivity index (χ2n) is 8.18. The van der Waals surface area contributed by atoms with Crippen molar-refractivity contribution >= 4 is 12.0 Å². The molecule has 4 nitrogen and oxygen atoms in total. The summed E-state index contributed by atoms with van der Waals surface area (Å²) in [5.74, 6) is 0.110. The van der Waals surface area contributed by atoms with E-state index in [4.69, 9.17) is 0 Å². The zero-order valence-corrected chi connectivity index (χ0v) is 18.8. The van der Waals surface area contributed by atoms with E-state index in [1.807, 2.05) is 57.2 Å². The average molecular weight is 412 g/mol. The van der Waals surface area contributed by atoms with Crippen LogP contribution in [0.5, 0.6) is 0 Å². The minimum atomic E-state index is -0.370. The molecule has 0 aliphatic rings. The third-order valence-electron chi connectivity index (χ3n) is 5.60. The van der Waals surface area contributed by atoms with E-state index in [2.05, 4.69) is 54.1 Å². The fourth-order valence-corrected chi connectivity index (χ4v) is 3.74. The Labute approximate surface area is 184 Å². The lowest BCUT2D eigenvalue weighted by Crippen LogP contribution is -2.27. The van der Waals surface area contributed by atoms with Crippen LogP contribution in [0.2, 0.25) is 0 Å². The van der Waals surface area contributed by atoms with Gasteiger partial charge >= 0.3 is 0 Å². The monoisotopic (exact) mass is 411 g/mol. The van der Waals surface area contributed by atoms with Crippen LogP contribution in [0.25, 0.3) is 11.8 Å². The van der Waals surface area contributed by atoms with Crippen molar-refractivity contribution in [1.82, 2.24) is 9.88 Å². The lowest BCUT2D eigenvalue weighted by Gasteiger charge is -2.14. The highest BCUT2D eigenvalue weighted by molar-refractivity contribution is 6.02. The van der Waals surface area contributed by atoms with Gasteiger partial charge in [0.1, 0.15) is 11.6 Å². The standard InChI is InChI=1S/C27H29N3O/c1-18(2)22-11-13-26(14-12-22)30-19(3)15-24(21(30)5)16-25(17-28)27(31)29-20(4)23-9-7-6-8-10-23/h6-16,18,20H,1-5H3,(H,29,31)/b25-16-/t20-/m1/s1. The molecule has 3 rings (SSSR count). The summed E-state index contributed by atoms with van der Waals surface area (Å²) in [6.45, 7) is 10.3. The van der Waals surface area contributed by atoms with Gasteiger partial charge in [0, 0.05) is 17.1 Å². The van der Waals surface area contributed by atoms with E-state index in [9.17, 15) is 10.1 Å². The first-order valence-electron chi connectivity index (χ1n) is 10.6. The molecule has 0 spiro atoms. The molecular weight excluding hydrogens is 382 g/mol. The van der Waals surface area contributed by atoms with Gasteiger partial charge in [-0.3, -0.25) is 4.79 Å². The van der Waals surface area contributed by atoms with Crippen LogP contribution in [0, 0.1) is 25.2 Å². The summed E-state index contributed by atoms with van der Waals surface area (Å²) in [4.78, 5) is 12.7. The summed E-state index contributed by atoms with van der Waals surface area (Å²) in [5, 5.41) is 12.5. The molecule has 1 heterocycles. The number of carbonyl (C=O) groups is 1. The zero-order valence-electron chi connectivity index (χ0n) is 18.8. The molecule has 0 aliphatic heterocycles. The van der Waals surface area contributed by atoms with Crippen molar-refractivity contribution in [3.8, 4) is 11.8 Å². The number of benzene rings is 2. The predicted molar refractivity (Wildman–Crippen MR) is 126 cm³/mol. The lowest BCUT2D eigenvalue weighted by molar-refractivity contribution is -0.117. The number of nitrogens with zero attached hydrogens (tertiary/aromatic N) is 2. The summed E-state index contributed by atoms with van der Waals surface area (Å²) in [6, 6.07) is 22.1. The van der Waals surface area contributed by atoms with Gasteiger partial charge in [-0.05, 0) is 67.7 Å². The van der Waals surface area contributed by atoms with E-state index >= 15 is 0 Å². The largest absolute Gasteiger partial charge is 0.345 e. The predicted octanol–water partition coefficient (Wildman–Crippen LogP) is 6.00. The second kappa shape index (κ2) is 9.49.